The Balaban J connectivity index is 2.59. The smallest absolute Gasteiger partial charge is 0.123 e. The van der Waals surface area contributed by atoms with Gasteiger partial charge in [-0.25, -0.2) is 4.39 Å². The van der Waals surface area contributed by atoms with Crippen LogP contribution >= 0.6 is 0 Å². The van der Waals surface area contributed by atoms with Crippen molar-refractivity contribution in [3.8, 4) is 23.5 Å². The third kappa shape index (κ3) is 1.97. The fourth-order valence-corrected chi connectivity index (χ4v) is 1.65. The van der Waals surface area contributed by atoms with Crippen LogP contribution in [0, 0.1) is 25.1 Å². The van der Waals surface area contributed by atoms with E-state index in [-0.39, 0.29) is 5.82 Å². The molecule has 2 rings (SSSR count). The SMILES string of the molecule is C#Cc1ccc(C)cc1-c1ccc(F)cc1. The Morgan fingerprint density at radius 1 is 1.06 bits per heavy atom. The Morgan fingerprint density at radius 3 is 2.38 bits per heavy atom. The molecule has 0 bridgehead atoms. The molecule has 78 valence electrons. The Kier molecular flexibility index (Phi) is 2.74. The maximum atomic E-state index is 12.8. The van der Waals surface area contributed by atoms with E-state index in [1.54, 1.807) is 12.1 Å². The van der Waals surface area contributed by atoms with Gasteiger partial charge >= 0.3 is 0 Å². The molecule has 2 aromatic rings. The molecule has 0 aliphatic heterocycles. The minimum absolute atomic E-state index is 0.237. The van der Waals surface area contributed by atoms with Gasteiger partial charge in [-0.15, -0.1) is 6.42 Å². The number of hydrogen-bond donors (Lipinski definition) is 0. The van der Waals surface area contributed by atoms with E-state index in [4.69, 9.17) is 6.42 Å². The summed E-state index contributed by atoms with van der Waals surface area (Å²) in [6.45, 7) is 2.01. The predicted molar refractivity (Wildman–Crippen MR) is 64.5 cm³/mol. The van der Waals surface area contributed by atoms with E-state index in [0.717, 1.165) is 22.3 Å². The molecule has 0 aliphatic rings. The second-order valence-corrected chi connectivity index (χ2v) is 3.70. The summed E-state index contributed by atoms with van der Waals surface area (Å²) < 4.78 is 12.8. The quantitative estimate of drug-likeness (QED) is 0.628. The second-order valence-electron chi connectivity index (χ2n) is 3.70. The van der Waals surface area contributed by atoms with E-state index in [1.165, 1.54) is 12.1 Å². The second kappa shape index (κ2) is 4.20. The molecule has 0 atom stereocenters. The van der Waals surface area contributed by atoms with Gasteiger partial charge in [-0.1, -0.05) is 35.7 Å². The van der Waals surface area contributed by atoms with Gasteiger partial charge in [0.2, 0.25) is 0 Å². The van der Waals surface area contributed by atoms with Crippen LogP contribution in [0.2, 0.25) is 0 Å². The first-order valence-corrected chi connectivity index (χ1v) is 5.04. The lowest BCUT2D eigenvalue weighted by Crippen LogP contribution is -1.86. The average Bonchev–Trinajstić information content (AvgIpc) is 2.30. The van der Waals surface area contributed by atoms with E-state index in [1.807, 2.05) is 25.1 Å². The maximum Gasteiger partial charge on any atom is 0.123 e. The van der Waals surface area contributed by atoms with Crippen LogP contribution in [0.25, 0.3) is 11.1 Å². The zero-order valence-corrected chi connectivity index (χ0v) is 9.00. The number of rotatable bonds is 1. The molecule has 0 aliphatic carbocycles. The first-order valence-electron chi connectivity index (χ1n) is 5.04. The maximum absolute atomic E-state index is 12.8. The van der Waals surface area contributed by atoms with Gasteiger partial charge < -0.3 is 0 Å². The fourth-order valence-electron chi connectivity index (χ4n) is 1.65. The van der Waals surface area contributed by atoms with Crippen molar-refractivity contribution in [2.45, 2.75) is 6.92 Å². The van der Waals surface area contributed by atoms with Crippen LogP contribution in [0.5, 0.6) is 0 Å². The van der Waals surface area contributed by atoms with Crippen LogP contribution in [-0.2, 0) is 0 Å². The third-order valence-electron chi connectivity index (χ3n) is 2.49. The summed E-state index contributed by atoms with van der Waals surface area (Å²) in [5.74, 6) is 2.40. The molecule has 0 N–H and O–H groups in total. The van der Waals surface area contributed by atoms with Crippen LogP contribution in [0.15, 0.2) is 42.5 Å². The number of terminal acetylenes is 1. The topological polar surface area (TPSA) is 0 Å². The Labute approximate surface area is 94.7 Å². The lowest BCUT2D eigenvalue weighted by atomic mass is 9.98. The zero-order valence-electron chi connectivity index (χ0n) is 9.00. The summed E-state index contributed by atoms with van der Waals surface area (Å²) >= 11 is 0. The average molecular weight is 210 g/mol. The van der Waals surface area contributed by atoms with E-state index < -0.39 is 0 Å². The van der Waals surface area contributed by atoms with Gasteiger partial charge in [0.25, 0.3) is 0 Å². The van der Waals surface area contributed by atoms with Crippen molar-refractivity contribution in [3.05, 3.63) is 59.4 Å². The van der Waals surface area contributed by atoms with E-state index in [0.29, 0.717) is 0 Å². The lowest BCUT2D eigenvalue weighted by Gasteiger charge is -2.06. The summed E-state index contributed by atoms with van der Waals surface area (Å²) in [6.07, 6.45) is 5.44. The van der Waals surface area contributed by atoms with Crippen molar-refractivity contribution < 1.29 is 4.39 Å². The van der Waals surface area contributed by atoms with Gasteiger partial charge in [0.1, 0.15) is 5.82 Å². The highest BCUT2D eigenvalue weighted by Crippen LogP contribution is 2.24. The highest BCUT2D eigenvalue weighted by atomic mass is 19.1. The van der Waals surface area contributed by atoms with Gasteiger partial charge in [-0.05, 0) is 36.2 Å². The predicted octanol–water partition coefficient (Wildman–Crippen LogP) is 3.78. The number of aryl methyl sites for hydroxylation is 1. The number of halogens is 1. The molecule has 0 nitrogen and oxygen atoms in total. The van der Waals surface area contributed by atoms with Crippen molar-refractivity contribution >= 4 is 0 Å². The Morgan fingerprint density at radius 2 is 1.75 bits per heavy atom. The standard InChI is InChI=1S/C15H11F/c1-3-12-5-4-11(2)10-15(12)13-6-8-14(16)9-7-13/h1,4-10H,2H3. The van der Waals surface area contributed by atoms with Crippen LogP contribution in [-0.4, -0.2) is 0 Å². The van der Waals surface area contributed by atoms with Crippen molar-refractivity contribution in [1.29, 1.82) is 0 Å². The fraction of sp³-hybridized carbons (Fsp3) is 0.0667. The minimum atomic E-state index is -0.237. The minimum Gasteiger partial charge on any atom is -0.207 e. The monoisotopic (exact) mass is 210 g/mol. The molecule has 0 saturated heterocycles. The van der Waals surface area contributed by atoms with Crippen LogP contribution < -0.4 is 0 Å². The molecule has 2 aromatic carbocycles. The van der Waals surface area contributed by atoms with Crippen molar-refractivity contribution in [2.24, 2.45) is 0 Å². The summed E-state index contributed by atoms with van der Waals surface area (Å²) in [5.41, 5.74) is 3.89. The van der Waals surface area contributed by atoms with Crippen LogP contribution in [0.1, 0.15) is 11.1 Å². The van der Waals surface area contributed by atoms with Crippen LogP contribution in [0.3, 0.4) is 0 Å². The Hall–Kier alpha value is -2.07. The first kappa shape index (κ1) is 10.4. The summed E-state index contributed by atoms with van der Waals surface area (Å²) in [4.78, 5) is 0. The van der Waals surface area contributed by atoms with E-state index in [2.05, 4.69) is 5.92 Å². The molecule has 0 unspecified atom stereocenters. The molecule has 0 saturated carbocycles. The van der Waals surface area contributed by atoms with E-state index >= 15 is 0 Å². The molecule has 0 heterocycles. The van der Waals surface area contributed by atoms with Gasteiger partial charge in [0.05, 0.1) is 0 Å². The Bertz CT molecular complexity index is 545. The third-order valence-corrected chi connectivity index (χ3v) is 2.49. The molecular weight excluding hydrogens is 199 g/mol. The van der Waals surface area contributed by atoms with Crippen molar-refractivity contribution in [2.75, 3.05) is 0 Å². The van der Waals surface area contributed by atoms with Gasteiger partial charge in [0.15, 0.2) is 0 Å². The van der Waals surface area contributed by atoms with Crippen LogP contribution in [0.4, 0.5) is 4.39 Å². The van der Waals surface area contributed by atoms with Gasteiger partial charge in [-0.2, -0.15) is 0 Å². The summed E-state index contributed by atoms with van der Waals surface area (Å²) in [7, 11) is 0. The van der Waals surface area contributed by atoms with Crippen molar-refractivity contribution in [1.82, 2.24) is 0 Å². The molecule has 0 fully saturated rings. The molecule has 16 heavy (non-hydrogen) atoms. The number of hydrogen-bond acceptors (Lipinski definition) is 0. The zero-order chi connectivity index (χ0) is 11.5. The summed E-state index contributed by atoms with van der Waals surface area (Å²) in [6, 6.07) is 12.3. The van der Waals surface area contributed by atoms with E-state index in [9.17, 15) is 4.39 Å². The van der Waals surface area contributed by atoms with Gasteiger partial charge in [-0.3, -0.25) is 0 Å². The molecule has 1 heteroatoms. The van der Waals surface area contributed by atoms with Crippen molar-refractivity contribution in [3.63, 3.8) is 0 Å². The molecule has 0 radical (unpaired) electrons. The molecule has 0 amide bonds. The summed E-state index contributed by atoms with van der Waals surface area (Å²) in [5, 5.41) is 0. The van der Waals surface area contributed by atoms with Gasteiger partial charge in [0, 0.05) is 5.56 Å². The molecule has 0 aromatic heterocycles. The normalized spacial score (nSPS) is 9.81. The molecule has 0 spiro atoms. The first-order chi connectivity index (χ1) is 7.70. The lowest BCUT2D eigenvalue weighted by molar-refractivity contribution is 0.628. The number of benzene rings is 2. The molecular formula is C15H11F. The highest BCUT2D eigenvalue weighted by molar-refractivity contribution is 5.71. The highest BCUT2D eigenvalue weighted by Gasteiger charge is 2.03. The largest absolute Gasteiger partial charge is 0.207 e.